The first-order valence-electron chi connectivity index (χ1n) is 10.6. The Morgan fingerprint density at radius 1 is 1.23 bits per heavy atom. The van der Waals surface area contributed by atoms with E-state index < -0.39 is 0 Å². The van der Waals surface area contributed by atoms with Gasteiger partial charge in [-0.25, -0.2) is 9.97 Å². The molecule has 2 aromatic rings. The Kier molecular flexibility index (Phi) is 6.18. The maximum absolute atomic E-state index is 12.8. The number of methoxy groups -OCH3 is 2. The zero-order chi connectivity index (χ0) is 22.0. The molecule has 8 heteroatoms. The number of amides is 2. The number of rotatable bonds is 7. The lowest BCUT2D eigenvalue weighted by molar-refractivity contribution is -0.133. The highest BCUT2D eigenvalue weighted by Gasteiger charge is 2.36. The van der Waals surface area contributed by atoms with Gasteiger partial charge in [0.05, 0.1) is 39.1 Å². The van der Waals surface area contributed by atoms with E-state index in [4.69, 9.17) is 19.4 Å². The molecule has 1 fully saturated rings. The van der Waals surface area contributed by atoms with Gasteiger partial charge in [-0.05, 0) is 25.8 Å². The highest BCUT2D eigenvalue weighted by atomic mass is 16.5. The number of aromatic nitrogens is 2. The molecule has 3 heterocycles. The lowest BCUT2D eigenvalue weighted by Gasteiger charge is -2.25. The van der Waals surface area contributed by atoms with E-state index in [2.05, 4.69) is 0 Å². The van der Waals surface area contributed by atoms with Crippen LogP contribution in [0.2, 0.25) is 0 Å². The minimum absolute atomic E-state index is 0.00472. The van der Waals surface area contributed by atoms with Gasteiger partial charge in [0.2, 0.25) is 11.8 Å². The normalized spacial score (nSPS) is 17.9. The van der Waals surface area contributed by atoms with Crippen molar-refractivity contribution in [1.82, 2.24) is 14.9 Å². The summed E-state index contributed by atoms with van der Waals surface area (Å²) in [4.78, 5) is 38.6. The van der Waals surface area contributed by atoms with Crippen molar-refractivity contribution in [2.75, 3.05) is 32.3 Å². The predicted octanol–water partition coefficient (Wildman–Crippen LogP) is 2.58. The number of fused-ring (bicyclic) bond motifs is 1. The second-order valence-electron chi connectivity index (χ2n) is 7.93. The fourth-order valence-corrected chi connectivity index (χ4v) is 4.38. The van der Waals surface area contributed by atoms with Crippen molar-refractivity contribution in [3.05, 3.63) is 46.9 Å². The number of carbonyl (C=O) groups excluding carboxylic acids is 2. The molecule has 2 amide bonds. The van der Waals surface area contributed by atoms with Crippen molar-refractivity contribution >= 4 is 17.6 Å². The minimum atomic E-state index is -0.169. The van der Waals surface area contributed by atoms with Crippen LogP contribution in [0.4, 0.5) is 5.82 Å². The monoisotopic (exact) mass is 424 g/mol. The summed E-state index contributed by atoms with van der Waals surface area (Å²) in [5.41, 5.74) is 2.58. The van der Waals surface area contributed by atoms with E-state index in [1.807, 2.05) is 36.1 Å². The van der Waals surface area contributed by atoms with Gasteiger partial charge in [0.15, 0.2) is 5.82 Å². The number of nitrogens with zero attached hydrogens (tertiary/aromatic N) is 4. The number of anilines is 1. The molecule has 164 valence electrons. The van der Waals surface area contributed by atoms with Crippen molar-refractivity contribution in [2.45, 2.75) is 45.2 Å². The summed E-state index contributed by atoms with van der Waals surface area (Å²) in [6.45, 7) is 3.38. The Morgan fingerprint density at radius 3 is 2.81 bits per heavy atom. The van der Waals surface area contributed by atoms with Crippen molar-refractivity contribution in [3.63, 3.8) is 0 Å². The lowest BCUT2D eigenvalue weighted by Crippen LogP contribution is -2.32. The van der Waals surface area contributed by atoms with E-state index in [-0.39, 0.29) is 24.3 Å². The number of para-hydroxylation sites is 1. The molecule has 0 aliphatic carbocycles. The van der Waals surface area contributed by atoms with Gasteiger partial charge < -0.3 is 14.4 Å². The van der Waals surface area contributed by atoms with Gasteiger partial charge in [0.1, 0.15) is 11.6 Å². The van der Waals surface area contributed by atoms with Crippen LogP contribution in [0.3, 0.4) is 0 Å². The third-order valence-electron chi connectivity index (χ3n) is 6.01. The van der Waals surface area contributed by atoms with Crippen LogP contribution < -0.4 is 9.64 Å². The molecule has 1 atom stereocenters. The van der Waals surface area contributed by atoms with E-state index in [0.717, 1.165) is 35.4 Å². The molecule has 1 aromatic carbocycles. The number of ether oxygens (including phenoxy) is 2. The second-order valence-corrected chi connectivity index (χ2v) is 7.93. The lowest BCUT2D eigenvalue weighted by atomic mass is 10.1. The molecule has 1 unspecified atom stereocenters. The second kappa shape index (κ2) is 9.01. The first kappa shape index (κ1) is 21.2. The minimum Gasteiger partial charge on any atom is -0.496 e. The van der Waals surface area contributed by atoms with Crippen molar-refractivity contribution in [3.8, 4) is 5.75 Å². The summed E-state index contributed by atoms with van der Waals surface area (Å²) < 4.78 is 10.5. The number of likely N-dealkylation sites (tertiary alicyclic amines) is 1. The first-order valence-corrected chi connectivity index (χ1v) is 10.6. The van der Waals surface area contributed by atoms with Gasteiger partial charge in [-0.15, -0.1) is 0 Å². The highest BCUT2D eigenvalue weighted by molar-refractivity contribution is 6.00. The largest absolute Gasteiger partial charge is 0.496 e. The van der Waals surface area contributed by atoms with Crippen molar-refractivity contribution < 1.29 is 19.1 Å². The van der Waals surface area contributed by atoms with Crippen LogP contribution in [0.25, 0.3) is 0 Å². The summed E-state index contributed by atoms with van der Waals surface area (Å²) in [5.74, 6) is 2.04. The van der Waals surface area contributed by atoms with Crippen LogP contribution in [-0.2, 0) is 27.3 Å². The molecule has 0 saturated carbocycles. The fraction of sp³-hybridized carbons (Fsp3) is 0.478. The summed E-state index contributed by atoms with van der Waals surface area (Å²) in [5, 5.41) is 0. The van der Waals surface area contributed by atoms with Gasteiger partial charge in [-0.3, -0.25) is 14.5 Å². The van der Waals surface area contributed by atoms with Crippen LogP contribution in [0.15, 0.2) is 24.3 Å². The highest BCUT2D eigenvalue weighted by Crippen LogP contribution is 2.36. The SMILES string of the molecule is COCCC(=O)N1CCCC1c1nc(C)c2c(n1)N(Cc1ccccc1OC)C(=O)C2. The van der Waals surface area contributed by atoms with Crippen molar-refractivity contribution in [2.24, 2.45) is 0 Å². The quantitative estimate of drug-likeness (QED) is 0.679. The Labute approximate surface area is 182 Å². The van der Waals surface area contributed by atoms with Gasteiger partial charge in [-0.1, -0.05) is 18.2 Å². The average molecular weight is 425 g/mol. The first-order chi connectivity index (χ1) is 15.0. The van der Waals surface area contributed by atoms with Crippen molar-refractivity contribution in [1.29, 1.82) is 0 Å². The van der Waals surface area contributed by atoms with Gasteiger partial charge in [-0.2, -0.15) is 0 Å². The zero-order valence-corrected chi connectivity index (χ0v) is 18.3. The summed E-state index contributed by atoms with van der Waals surface area (Å²) >= 11 is 0. The number of benzene rings is 1. The smallest absolute Gasteiger partial charge is 0.233 e. The number of hydrogen-bond acceptors (Lipinski definition) is 6. The van der Waals surface area contributed by atoms with E-state index in [1.54, 1.807) is 19.1 Å². The summed E-state index contributed by atoms with van der Waals surface area (Å²) in [6.07, 6.45) is 2.36. The molecule has 0 N–H and O–H groups in total. The summed E-state index contributed by atoms with van der Waals surface area (Å²) in [6, 6.07) is 7.50. The van der Waals surface area contributed by atoms with Crippen LogP contribution in [0, 0.1) is 6.92 Å². The van der Waals surface area contributed by atoms with Gasteiger partial charge >= 0.3 is 0 Å². The third-order valence-corrected chi connectivity index (χ3v) is 6.01. The van der Waals surface area contributed by atoms with Crippen LogP contribution >= 0.6 is 0 Å². The number of carbonyl (C=O) groups is 2. The molecule has 1 aromatic heterocycles. The van der Waals surface area contributed by atoms with Gasteiger partial charge in [0.25, 0.3) is 0 Å². The molecular weight excluding hydrogens is 396 g/mol. The predicted molar refractivity (Wildman–Crippen MR) is 115 cm³/mol. The standard InChI is InChI=1S/C23H28N4O4/c1-15-17-13-21(29)27(14-16-7-4-5-9-19(16)31-3)23(17)25-22(24-15)18-8-6-11-26(18)20(28)10-12-30-2/h4-5,7,9,18H,6,8,10-14H2,1-3H3. The van der Waals surface area contributed by atoms with Crippen LogP contribution in [0.5, 0.6) is 5.75 Å². The molecule has 4 rings (SSSR count). The average Bonchev–Trinajstić information content (AvgIpc) is 3.38. The van der Waals surface area contributed by atoms with Crippen LogP contribution in [0.1, 0.15) is 47.9 Å². The third kappa shape index (κ3) is 4.12. The molecule has 1 saturated heterocycles. The van der Waals surface area contributed by atoms with Crippen LogP contribution in [-0.4, -0.2) is 54.1 Å². The van der Waals surface area contributed by atoms with E-state index in [1.165, 1.54) is 0 Å². The number of aryl methyl sites for hydroxylation is 1. The molecule has 31 heavy (non-hydrogen) atoms. The molecule has 0 bridgehead atoms. The topological polar surface area (TPSA) is 84.9 Å². The zero-order valence-electron chi connectivity index (χ0n) is 18.3. The molecule has 0 spiro atoms. The number of hydrogen-bond donors (Lipinski definition) is 0. The molecular formula is C23H28N4O4. The molecule has 2 aliphatic rings. The Morgan fingerprint density at radius 2 is 2.03 bits per heavy atom. The Bertz CT molecular complexity index is 994. The summed E-state index contributed by atoms with van der Waals surface area (Å²) in [7, 11) is 3.22. The molecule has 2 aliphatic heterocycles. The fourth-order valence-electron chi connectivity index (χ4n) is 4.38. The molecule has 0 radical (unpaired) electrons. The van der Waals surface area contributed by atoms with Gasteiger partial charge in [0, 0.05) is 30.5 Å². The van der Waals surface area contributed by atoms with E-state index >= 15 is 0 Å². The Balaban J connectivity index is 1.65. The Hall–Kier alpha value is -3.00. The molecule has 8 nitrogen and oxygen atoms in total. The maximum Gasteiger partial charge on any atom is 0.233 e. The van der Waals surface area contributed by atoms with E-state index in [9.17, 15) is 9.59 Å². The maximum atomic E-state index is 12.8. The van der Waals surface area contributed by atoms with E-state index in [0.29, 0.717) is 37.8 Å².